The van der Waals surface area contributed by atoms with Gasteiger partial charge in [-0.15, -0.1) is 0 Å². The highest BCUT2D eigenvalue weighted by Crippen LogP contribution is 2.21. The van der Waals surface area contributed by atoms with E-state index in [0.717, 1.165) is 12.0 Å². The lowest BCUT2D eigenvalue weighted by atomic mass is 10.0. The second kappa shape index (κ2) is 4.77. The summed E-state index contributed by atoms with van der Waals surface area (Å²) in [4.78, 5) is 0. The minimum atomic E-state index is -0.0322. The van der Waals surface area contributed by atoms with Gasteiger partial charge in [0.05, 0.1) is 18.1 Å². The van der Waals surface area contributed by atoms with Gasteiger partial charge in [-0.05, 0) is 12.0 Å². The summed E-state index contributed by atoms with van der Waals surface area (Å²) in [6.45, 7) is 0.696. The van der Waals surface area contributed by atoms with Crippen molar-refractivity contribution in [3.63, 3.8) is 0 Å². The van der Waals surface area contributed by atoms with E-state index in [4.69, 9.17) is 10.00 Å². The number of ether oxygens (including phenoxy) is 1. The van der Waals surface area contributed by atoms with Crippen molar-refractivity contribution in [2.45, 2.75) is 12.5 Å². The van der Waals surface area contributed by atoms with Crippen LogP contribution in [0.15, 0.2) is 36.4 Å². The van der Waals surface area contributed by atoms with Gasteiger partial charge in [-0.2, -0.15) is 5.26 Å². The van der Waals surface area contributed by atoms with Gasteiger partial charge in [0.1, 0.15) is 0 Å². The largest absolute Gasteiger partial charge is 0.373 e. The summed E-state index contributed by atoms with van der Waals surface area (Å²) in [6.07, 6.45) is 4.81. The molecule has 0 aromatic heterocycles. The van der Waals surface area contributed by atoms with Crippen molar-refractivity contribution in [1.29, 1.82) is 5.26 Å². The number of nitriles is 1. The molecule has 2 nitrogen and oxygen atoms in total. The first-order chi connectivity index (χ1) is 7.40. The molecule has 0 spiro atoms. The van der Waals surface area contributed by atoms with Gasteiger partial charge < -0.3 is 4.74 Å². The fraction of sp³-hybridized carbons (Fsp3) is 0.308. The van der Waals surface area contributed by atoms with Crippen molar-refractivity contribution in [3.05, 3.63) is 42.0 Å². The molecule has 1 heterocycles. The van der Waals surface area contributed by atoms with Crippen LogP contribution in [0.1, 0.15) is 12.0 Å². The van der Waals surface area contributed by atoms with Gasteiger partial charge in [-0.3, -0.25) is 0 Å². The Bertz CT molecular complexity index is 377. The van der Waals surface area contributed by atoms with Gasteiger partial charge in [0, 0.05) is 6.61 Å². The Morgan fingerprint density at radius 3 is 2.87 bits per heavy atom. The summed E-state index contributed by atoms with van der Waals surface area (Å²) >= 11 is 0. The molecule has 2 rings (SSSR count). The zero-order valence-corrected chi connectivity index (χ0v) is 8.47. The Morgan fingerprint density at radius 2 is 2.13 bits per heavy atom. The van der Waals surface area contributed by atoms with Crippen LogP contribution >= 0.6 is 0 Å². The molecule has 0 radical (unpaired) electrons. The molecule has 0 saturated carbocycles. The summed E-state index contributed by atoms with van der Waals surface area (Å²) in [5.41, 5.74) is 1.14. The summed E-state index contributed by atoms with van der Waals surface area (Å²) in [6, 6.07) is 12.3. The summed E-state index contributed by atoms with van der Waals surface area (Å²) in [7, 11) is 0. The van der Waals surface area contributed by atoms with Gasteiger partial charge in [0.2, 0.25) is 0 Å². The van der Waals surface area contributed by atoms with Gasteiger partial charge in [0.25, 0.3) is 0 Å². The second-order valence-electron chi connectivity index (χ2n) is 3.63. The highest BCUT2D eigenvalue weighted by molar-refractivity contribution is 5.49. The Morgan fingerprint density at radius 1 is 1.33 bits per heavy atom. The number of nitrogens with zero attached hydrogens (tertiary/aromatic N) is 1. The molecule has 0 bridgehead atoms. The van der Waals surface area contributed by atoms with Crippen molar-refractivity contribution in [2.24, 2.45) is 5.92 Å². The Balaban J connectivity index is 2.03. The van der Waals surface area contributed by atoms with Crippen LogP contribution in [0.25, 0.3) is 6.08 Å². The van der Waals surface area contributed by atoms with Crippen molar-refractivity contribution in [1.82, 2.24) is 0 Å². The highest BCUT2D eigenvalue weighted by atomic mass is 16.5. The predicted octanol–water partition coefficient (Wildman–Crippen LogP) is 2.63. The third-order valence-corrected chi connectivity index (χ3v) is 2.58. The SMILES string of the molecule is N#CC1CCOC1/C=C/c1ccccc1. The fourth-order valence-electron chi connectivity index (χ4n) is 1.71. The van der Waals surface area contributed by atoms with Crippen molar-refractivity contribution in [3.8, 4) is 6.07 Å². The van der Waals surface area contributed by atoms with Crippen LogP contribution in [0.5, 0.6) is 0 Å². The monoisotopic (exact) mass is 199 g/mol. The lowest BCUT2D eigenvalue weighted by molar-refractivity contribution is 0.137. The van der Waals surface area contributed by atoms with Crippen molar-refractivity contribution < 1.29 is 4.74 Å². The number of hydrogen-bond acceptors (Lipinski definition) is 2. The molecule has 15 heavy (non-hydrogen) atoms. The van der Waals surface area contributed by atoms with Crippen LogP contribution in [-0.2, 0) is 4.74 Å². The summed E-state index contributed by atoms with van der Waals surface area (Å²) < 4.78 is 5.47. The number of benzene rings is 1. The van der Waals surface area contributed by atoms with Crippen molar-refractivity contribution >= 4 is 6.08 Å². The second-order valence-corrected chi connectivity index (χ2v) is 3.63. The van der Waals surface area contributed by atoms with Gasteiger partial charge in [-0.1, -0.05) is 42.5 Å². The van der Waals surface area contributed by atoms with Crippen LogP contribution in [0.4, 0.5) is 0 Å². The van der Waals surface area contributed by atoms with Crippen LogP contribution in [-0.4, -0.2) is 12.7 Å². The number of hydrogen-bond donors (Lipinski definition) is 0. The Labute approximate surface area is 89.8 Å². The molecule has 76 valence electrons. The van der Waals surface area contributed by atoms with E-state index >= 15 is 0 Å². The Kier molecular flexibility index (Phi) is 3.16. The average Bonchev–Trinajstić information content (AvgIpc) is 2.75. The normalized spacial score (nSPS) is 25.5. The molecule has 0 aliphatic carbocycles. The van der Waals surface area contributed by atoms with E-state index in [1.807, 2.05) is 42.5 Å². The lowest BCUT2D eigenvalue weighted by Gasteiger charge is -2.06. The standard InChI is InChI=1S/C13H13NO/c14-10-12-8-9-15-13(12)7-6-11-4-2-1-3-5-11/h1-7,12-13H,8-9H2/b7-6+. The zero-order chi connectivity index (χ0) is 10.5. The highest BCUT2D eigenvalue weighted by Gasteiger charge is 2.25. The van der Waals surface area contributed by atoms with Gasteiger partial charge >= 0.3 is 0 Å². The maximum absolute atomic E-state index is 8.87. The molecule has 1 fully saturated rings. The van der Waals surface area contributed by atoms with E-state index in [-0.39, 0.29) is 12.0 Å². The van der Waals surface area contributed by atoms with E-state index in [2.05, 4.69) is 6.07 Å². The lowest BCUT2D eigenvalue weighted by Crippen LogP contribution is -2.10. The fourth-order valence-corrected chi connectivity index (χ4v) is 1.71. The molecule has 2 atom stereocenters. The van der Waals surface area contributed by atoms with Crippen LogP contribution < -0.4 is 0 Å². The molecular formula is C13H13NO. The van der Waals surface area contributed by atoms with Gasteiger partial charge in [0.15, 0.2) is 0 Å². The smallest absolute Gasteiger partial charge is 0.0918 e. The molecule has 1 saturated heterocycles. The van der Waals surface area contributed by atoms with E-state index < -0.39 is 0 Å². The van der Waals surface area contributed by atoms with Crippen LogP contribution in [0, 0.1) is 17.2 Å². The van der Waals surface area contributed by atoms with E-state index in [0.29, 0.717) is 6.61 Å². The summed E-state index contributed by atoms with van der Waals surface area (Å²) in [5, 5.41) is 8.87. The molecule has 1 aliphatic rings. The molecule has 1 aromatic rings. The molecular weight excluding hydrogens is 186 g/mol. The maximum atomic E-state index is 8.87. The zero-order valence-electron chi connectivity index (χ0n) is 8.47. The van der Waals surface area contributed by atoms with Gasteiger partial charge in [-0.25, -0.2) is 0 Å². The maximum Gasteiger partial charge on any atom is 0.0918 e. The predicted molar refractivity (Wildman–Crippen MR) is 58.9 cm³/mol. The minimum Gasteiger partial charge on any atom is -0.373 e. The molecule has 2 unspecified atom stereocenters. The first-order valence-corrected chi connectivity index (χ1v) is 5.14. The average molecular weight is 199 g/mol. The van der Waals surface area contributed by atoms with E-state index in [1.54, 1.807) is 0 Å². The van der Waals surface area contributed by atoms with Crippen LogP contribution in [0.2, 0.25) is 0 Å². The topological polar surface area (TPSA) is 33.0 Å². The third kappa shape index (κ3) is 2.45. The first-order valence-electron chi connectivity index (χ1n) is 5.14. The third-order valence-electron chi connectivity index (χ3n) is 2.58. The first kappa shape index (κ1) is 9.95. The summed E-state index contributed by atoms with van der Waals surface area (Å²) in [5.74, 6) is 0.0185. The molecule has 0 amide bonds. The van der Waals surface area contributed by atoms with Crippen molar-refractivity contribution in [2.75, 3.05) is 6.61 Å². The molecule has 1 aromatic carbocycles. The Hall–Kier alpha value is -1.59. The van der Waals surface area contributed by atoms with Crippen LogP contribution in [0.3, 0.4) is 0 Å². The molecule has 0 N–H and O–H groups in total. The molecule has 1 aliphatic heterocycles. The number of rotatable bonds is 2. The molecule has 2 heteroatoms. The quantitative estimate of drug-likeness (QED) is 0.733. The van der Waals surface area contributed by atoms with E-state index in [1.165, 1.54) is 0 Å². The minimum absolute atomic E-state index is 0.0185. The van der Waals surface area contributed by atoms with E-state index in [9.17, 15) is 0 Å².